The van der Waals surface area contributed by atoms with Crippen LogP contribution in [0.15, 0.2) is 18.3 Å². The third kappa shape index (κ3) is 3.24. The van der Waals surface area contributed by atoms with Crippen molar-refractivity contribution >= 4 is 17.7 Å². The van der Waals surface area contributed by atoms with Crippen molar-refractivity contribution in [1.82, 2.24) is 4.98 Å². The van der Waals surface area contributed by atoms with Crippen LogP contribution >= 0.6 is 11.6 Å². The highest BCUT2D eigenvalue weighted by Gasteiger charge is 2.31. The molecule has 0 radical (unpaired) electrons. The number of hydrogen-bond donors (Lipinski definition) is 0. The number of halogens is 4. The molecule has 1 heterocycles. The molecule has 0 amide bonds. The van der Waals surface area contributed by atoms with Crippen LogP contribution in [0.3, 0.4) is 0 Å². The lowest BCUT2D eigenvalue weighted by atomic mass is 10.2. The normalized spacial score (nSPS) is 11.7. The summed E-state index contributed by atoms with van der Waals surface area (Å²) in [7, 11) is 0. The van der Waals surface area contributed by atoms with Crippen LogP contribution in [-0.4, -0.2) is 4.98 Å². The van der Waals surface area contributed by atoms with Crippen LogP contribution in [0.4, 0.5) is 13.2 Å². The van der Waals surface area contributed by atoms with E-state index in [0.29, 0.717) is 6.20 Å². The molecule has 6 heteroatoms. The van der Waals surface area contributed by atoms with Gasteiger partial charge in [-0.05, 0) is 12.1 Å². The van der Waals surface area contributed by atoms with Gasteiger partial charge in [0.1, 0.15) is 0 Å². The van der Waals surface area contributed by atoms with E-state index in [-0.39, 0.29) is 17.1 Å². The molecule has 0 bridgehead atoms. The highest BCUT2D eigenvalue weighted by molar-refractivity contribution is 6.31. The van der Waals surface area contributed by atoms with Crippen molar-refractivity contribution in [3.05, 3.63) is 34.6 Å². The molecule has 0 aliphatic rings. The van der Waals surface area contributed by atoms with Crippen LogP contribution in [-0.2, 0) is 6.18 Å². The Morgan fingerprint density at radius 3 is 2.69 bits per heavy atom. The Hall–Kier alpha value is -1.54. The van der Waals surface area contributed by atoms with Gasteiger partial charge in [-0.2, -0.15) is 18.4 Å². The van der Waals surface area contributed by atoms with Gasteiger partial charge in [0.2, 0.25) is 0 Å². The van der Waals surface area contributed by atoms with Gasteiger partial charge >= 0.3 is 6.18 Å². The van der Waals surface area contributed by atoms with Gasteiger partial charge in [0, 0.05) is 6.20 Å². The summed E-state index contributed by atoms with van der Waals surface area (Å²) in [5.74, 6) is 0. The second-order valence-corrected chi connectivity index (χ2v) is 3.26. The van der Waals surface area contributed by atoms with E-state index < -0.39 is 11.7 Å². The van der Waals surface area contributed by atoms with E-state index >= 15 is 0 Å². The van der Waals surface area contributed by atoms with E-state index in [1.807, 2.05) is 6.07 Å². The molecule has 0 spiro atoms. The van der Waals surface area contributed by atoms with E-state index in [0.717, 1.165) is 6.07 Å². The maximum absolute atomic E-state index is 12.2. The molecule has 0 saturated heterocycles. The molecule has 1 aromatic rings. The van der Waals surface area contributed by atoms with Crippen molar-refractivity contribution in [1.29, 1.82) is 5.26 Å². The van der Waals surface area contributed by atoms with Gasteiger partial charge in [-0.15, -0.1) is 0 Å². The molecule has 0 aromatic carbocycles. The topological polar surface area (TPSA) is 36.7 Å². The van der Waals surface area contributed by atoms with Crippen LogP contribution in [0.1, 0.15) is 17.7 Å². The van der Waals surface area contributed by atoms with E-state index in [2.05, 4.69) is 4.98 Å². The zero-order valence-electron chi connectivity index (χ0n) is 7.92. The first-order valence-electron chi connectivity index (χ1n) is 4.21. The van der Waals surface area contributed by atoms with Gasteiger partial charge < -0.3 is 0 Å². The molecule has 1 aromatic heterocycles. The fourth-order valence-corrected chi connectivity index (χ4v) is 1.18. The summed E-state index contributed by atoms with van der Waals surface area (Å²) in [4.78, 5) is 3.57. The molecule has 1 rings (SSSR count). The van der Waals surface area contributed by atoms with E-state index in [1.165, 1.54) is 12.2 Å². The molecule has 0 aliphatic carbocycles. The summed E-state index contributed by atoms with van der Waals surface area (Å²) in [5.41, 5.74) is -0.681. The lowest BCUT2D eigenvalue weighted by Gasteiger charge is -2.06. The standard InChI is InChI=1S/C10H6ClF3N2/c11-8-5-7(10(12,13)14)6-16-9(8)3-1-2-4-15/h1,3,5-6H,2H2. The van der Waals surface area contributed by atoms with Gasteiger partial charge in [-0.25, -0.2) is 0 Å². The molecule has 0 fully saturated rings. The Balaban J connectivity index is 2.97. The first kappa shape index (κ1) is 12.5. The second kappa shape index (κ2) is 4.99. The minimum atomic E-state index is -4.45. The molecule has 0 N–H and O–H groups in total. The summed E-state index contributed by atoms with van der Waals surface area (Å²) in [6, 6.07) is 2.66. The SMILES string of the molecule is N#CCC=Cc1ncc(C(F)(F)F)cc1Cl. The summed E-state index contributed by atoms with van der Waals surface area (Å²) < 4.78 is 36.7. The minimum Gasteiger partial charge on any atom is -0.255 e. The number of hydrogen-bond acceptors (Lipinski definition) is 2. The number of alkyl halides is 3. The Morgan fingerprint density at radius 1 is 1.50 bits per heavy atom. The van der Waals surface area contributed by atoms with Crippen molar-refractivity contribution in [3.63, 3.8) is 0 Å². The van der Waals surface area contributed by atoms with Crippen molar-refractivity contribution in [2.75, 3.05) is 0 Å². The number of aromatic nitrogens is 1. The average Bonchev–Trinajstić information content (AvgIpc) is 2.19. The number of rotatable bonds is 2. The van der Waals surface area contributed by atoms with Crippen LogP contribution in [0.25, 0.3) is 6.08 Å². The monoisotopic (exact) mass is 246 g/mol. The minimum absolute atomic E-state index is 0.0935. The number of allylic oxidation sites excluding steroid dienone is 1. The Morgan fingerprint density at radius 2 is 2.19 bits per heavy atom. The molecular formula is C10H6ClF3N2. The van der Waals surface area contributed by atoms with Gasteiger partial charge in [0.05, 0.1) is 28.8 Å². The van der Waals surface area contributed by atoms with Gasteiger partial charge in [-0.3, -0.25) is 4.98 Å². The first-order valence-corrected chi connectivity index (χ1v) is 4.59. The quantitative estimate of drug-likeness (QED) is 0.798. The molecule has 0 saturated carbocycles. The van der Waals surface area contributed by atoms with Crippen LogP contribution in [0.2, 0.25) is 5.02 Å². The molecular weight excluding hydrogens is 241 g/mol. The number of nitrogens with zero attached hydrogens (tertiary/aromatic N) is 2. The maximum atomic E-state index is 12.2. The van der Waals surface area contributed by atoms with Gasteiger partial charge in [0.25, 0.3) is 0 Å². The molecule has 0 unspecified atom stereocenters. The van der Waals surface area contributed by atoms with Crippen molar-refractivity contribution in [2.45, 2.75) is 12.6 Å². The highest BCUT2D eigenvalue weighted by atomic mass is 35.5. The fourth-order valence-electron chi connectivity index (χ4n) is 0.949. The van der Waals surface area contributed by atoms with Crippen molar-refractivity contribution in [2.24, 2.45) is 0 Å². The summed E-state index contributed by atoms with van der Waals surface area (Å²) in [6.45, 7) is 0. The molecule has 2 nitrogen and oxygen atoms in total. The molecule has 0 aliphatic heterocycles. The average molecular weight is 247 g/mol. The van der Waals surface area contributed by atoms with Gasteiger partial charge in [-0.1, -0.05) is 17.7 Å². The summed E-state index contributed by atoms with van der Waals surface area (Å²) >= 11 is 5.62. The smallest absolute Gasteiger partial charge is 0.255 e. The summed E-state index contributed by atoms with van der Waals surface area (Å²) in [5, 5.41) is 8.17. The van der Waals surface area contributed by atoms with E-state index in [1.54, 1.807) is 0 Å². The highest BCUT2D eigenvalue weighted by Crippen LogP contribution is 2.31. The van der Waals surface area contributed by atoms with Crippen molar-refractivity contribution in [3.8, 4) is 6.07 Å². The lowest BCUT2D eigenvalue weighted by Crippen LogP contribution is -2.05. The van der Waals surface area contributed by atoms with E-state index in [4.69, 9.17) is 16.9 Å². The molecule has 84 valence electrons. The molecule has 0 atom stereocenters. The third-order valence-electron chi connectivity index (χ3n) is 1.68. The zero-order chi connectivity index (χ0) is 12.2. The first-order chi connectivity index (χ1) is 7.45. The van der Waals surface area contributed by atoms with E-state index in [9.17, 15) is 13.2 Å². The number of nitriles is 1. The second-order valence-electron chi connectivity index (χ2n) is 2.85. The van der Waals surface area contributed by atoms with Gasteiger partial charge in [0.15, 0.2) is 0 Å². The van der Waals surface area contributed by atoms with Crippen LogP contribution < -0.4 is 0 Å². The Kier molecular flexibility index (Phi) is 3.91. The maximum Gasteiger partial charge on any atom is 0.417 e. The molecule has 16 heavy (non-hydrogen) atoms. The fraction of sp³-hybridized carbons (Fsp3) is 0.200. The lowest BCUT2D eigenvalue weighted by molar-refractivity contribution is -0.137. The zero-order valence-corrected chi connectivity index (χ0v) is 8.68. The Bertz CT molecular complexity index is 446. The summed E-state index contributed by atoms with van der Waals surface area (Å²) in [6.07, 6.45) is -0.713. The Labute approximate surface area is 95.0 Å². The van der Waals surface area contributed by atoms with Crippen LogP contribution in [0, 0.1) is 11.3 Å². The predicted molar refractivity (Wildman–Crippen MR) is 53.5 cm³/mol. The van der Waals surface area contributed by atoms with Crippen molar-refractivity contribution < 1.29 is 13.2 Å². The largest absolute Gasteiger partial charge is 0.417 e. The third-order valence-corrected chi connectivity index (χ3v) is 1.98. The predicted octanol–water partition coefficient (Wildman–Crippen LogP) is 3.68. The number of pyridine rings is 1. The van der Waals surface area contributed by atoms with Crippen LogP contribution in [0.5, 0.6) is 0 Å².